The Hall–Kier alpha value is -3.55. The molecule has 2 amide bonds. The fourth-order valence-electron chi connectivity index (χ4n) is 3.49. The van der Waals surface area contributed by atoms with Crippen LogP contribution in [0.2, 0.25) is 0 Å². The van der Waals surface area contributed by atoms with Crippen LogP contribution in [-0.2, 0) is 23.9 Å². The minimum Gasteiger partial charge on any atom is -0.467 e. The zero-order valence-electron chi connectivity index (χ0n) is 19.1. The molecule has 1 aromatic heterocycles. The van der Waals surface area contributed by atoms with E-state index in [1.807, 2.05) is 30.3 Å². The normalized spacial score (nSPS) is 11.5. The highest BCUT2D eigenvalue weighted by atomic mass is 19.4. The molecule has 0 spiro atoms. The van der Waals surface area contributed by atoms with Gasteiger partial charge in [0.1, 0.15) is 12.3 Å². The molecule has 180 valence electrons. The first-order chi connectivity index (χ1) is 16.1. The predicted molar refractivity (Wildman–Crippen MR) is 122 cm³/mol. The maximum absolute atomic E-state index is 13.3. The Balaban J connectivity index is 1.75. The van der Waals surface area contributed by atoms with E-state index in [2.05, 4.69) is 0 Å². The average molecular weight is 473 g/mol. The number of hydrogen-bond donors (Lipinski definition) is 0. The summed E-state index contributed by atoms with van der Waals surface area (Å²) in [6.07, 6.45) is -2.33. The molecule has 8 heteroatoms. The van der Waals surface area contributed by atoms with Crippen molar-refractivity contribution in [1.82, 2.24) is 9.80 Å². The van der Waals surface area contributed by atoms with Gasteiger partial charge in [0, 0.05) is 18.2 Å². The number of halogens is 3. The summed E-state index contributed by atoms with van der Waals surface area (Å²) in [5.74, 6) is -0.161. The van der Waals surface area contributed by atoms with Crippen molar-refractivity contribution in [2.24, 2.45) is 0 Å². The molecule has 5 nitrogen and oxygen atoms in total. The van der Waals surface area contributed by atoms with E-state index in [-0.39, 0.29) is 30.6 Å². The molecule has 2 aromatic carbocycles. The van der Waals surface area contributed by atoms with Crippen molar-refractivity contribution >= 4 is 11.8 Å². The smallest absolute Gasteiger partial charge is 0.416 e. The Morgan fingerprint density at radius 1 is 0.941 bits per heavy atom. The molecule has 0 radical (unpaired) electrons. The fourth-order valence-corrected chi connectivity index (χ4v) is 3.49. The topological polar surface area (TPSA) is 53.8 Å². The van der Waals surface area contributed by atoms with Gasteiger partial charge < -0.3 is 14.2 Å². The Kier molecular flexibility index (Phi) is 8.15. The van der Waals surface area contributed by atoms with Crippen molar-refractivity contribution in [1.29, 1.82) is 0 Å². The minimum atomic E-state index is -4.49. The highest BCUT2D eigenvalue weighted by Crippen LogP contribution is 2.29. The number of hydrogen-bond acceptors (Lipinski definition) is 3. The van der Waals surface area contributed by atoms with Crippen LogP contribution in [0.4, 0.5) is 13.2 Å². The second-order valence-corrected chi connectivity index (χ2v) is 8.23. The third kappa shape index (κ3) is 6.73. The summed E-state index contributed by atoms with van der Waals surface area (Å²) in [7, 11) is 0. The van der Waals surface area contributed by atoms with Gasteiger partial charge in [0.15, 0.2) is 0 Å². The number of amides is 2. The third-order valence-corrected chi connectivity index (χ3v) is 5.44. The number of alkyl halides is 3. The molecule has 34 heavy (non-hydrogen) atoms. The molecule has 0 aliphatic heterocycles. The van der Waals surface area contributed by atoms with Crippen LogP contribution in [-0.4, -0.2) is 40.7 Å². The highest BCUT2D eigenvalue weighted by molar-refractivity contribution is 5.96. The molecule has 0 saturated heterocycles. The standard InChI is InChI=1S/C26H27F3N2O3/c1-19(2)31(25(33)21-10-12-22(13-11-21)26(27,28)29)18-24(32)30(17-23-9-6-16-34-23)15-14-20-7-4-3-5-8-20/h3-13,16,19H,14-15,17-18H2,1-2H3. The first-order valence-electron chi connectivity index (χ1n) is 11.0. The third-order valence-electron chi connectivity index (χ3n) is 5.44. The summed E-state index contributed by atoms with van der Waals surface area (Å²) in [5.41, 5.74) is 0.333. The Labute approximate surface area is 196 Å². The summed E-state index contributed by atoms with van der Waals surface area (Å²) in [5, 5.41) is 0. The van der Waals surface area contributed by atoms with Crippen LogP contribution in [0, 0.1) is 0 Å². The summed E-state index contributed by atoms with van der Waals surface area (Å²) in [6.45, 7) is 3.99. The molecule has 3 rings (SSSR count). The van der Waals surface area contributed by atoms with Crippen LogP contribution in [0.3, 0.4) is 0 Å². The van der Waals surface area contributed by atoms with Gasteiger partial charge in [-0.05, 0) is 62.2 Å². The maximum atomic E-state index is 13.3. The van der Waals surface area contributed by atoms with Crippen LogP contribution in [0.1, 0.15) is 41.1 Å². The number of furan rings is 1. The fraction of sp³-hybridized carbons (Fsp3) is 0.308. The average Bonchev–Trinajstić information content (AvgIpc) is 3.33. The van der Waals surface area contributed by atoms with E-state index in [1.165, 1.54) is 11.2 Å². The van der Waals surface area contributed by atoms with Gasteiger partial charge in [0.25, 0.3) is 5.91 Å². The zero-order chi connectivity index (χ0) is 24.7. The molecule has 0 aliphatic carbocycles. The van der Waals surface area contributed by atoms with Crippen molar-refractivity contribution in [2.45, 2.75) is 39.0 Å². The lowest BCUT2D eigenvalue weighted by molar-refractivity contribution is -0.137. The largest absolute Gasteiger partial charge is 0.467 e. The second-order valence-electron chi connectivity index (χ2n) is 8.23. The summed E-state index contributed by atoms with van der Waals surface area (Å²) >= 11 is 0. The van der Waals surface area contributed by atoms with Gasteiger partial charge in [-0.3, -0.25) is 9.59 Å². The summed E-state index contributed by atoms with van der Waals surface area (Å²) in [4.78, 5) is 29.3. The molecule has 0 bridgehead atoms. The predicted octanol–water partition coefficient (Wildman–Crippen LogP) is 5.42. The van der Waals surface area contributed by atoms with E-state index >= 15 is 0 Å². The van der Waals surface area contributed by atoms with Crippen molar-refractivity contribution in [2.75, 3.05) is 13.1 Å². The van der Waals surface area contributed by atoms with Crippen molar-refractivity contribution in [3.63, 3.8) is 0 Å². The van der Waals surface area contributed by atoms with Gasteiger partial charge in [0.05, 0.1) is 18.4 Å². The van der Waals surface area contributed by atoms with E-state index < -0.39 is 17.6 Å². The van der Waals surface area contributed by atoms with Crippen molar-refractivity contribution in [3.8, 4) is 0 Å². The van der Waals surface area contributed by atoms with Crippen molar-refractivity contribution < 1.29 is 27.2 Å². The number of rotatable bonds is 9. The second kappa shape index (κ2) is 11.0. The summed E-state index contributed by atoms with van der Waals surface area (Å²) < 4.78 is 44.0. The van der Waals surface area contributed by atoms with Crippen LogP contribution in [0.25, 0.3) is 0 Å². The highest BCUT2D eigenvalue weighted by Gasteiger charge is 2.31. The van der Waals surface area contributed by atoms with Gasteiger partial charge in [-0.15, -0.1) is 0 Å². The van der Waals surface area contributed by atoms with Crippen molar-refractivity contribution in [3.05, 3.63) is 95.4 Å². The summed E-state index contributed by atoms with van der Waals surface area (Å²) in [6, 6.07) is 16.9. The van der Waals surface area contributed by atoms with Crippen LogP contribution >= 0.6 is 0 Å². The number of nitrogens with zero attached hydrogens (tertiary/aromatic N) is 2. The lowest BCUT2D eigenvalue weighted by atomic mass is 10.1. The van der Waals surface area contributed by atoms with Crippen LogP contribution in [0.15, 0.2) is 77.4 Å². The van der Waals surface area contributed by atoms with Gasteiger partial charge in [-0.1, -0.05) is 30.3 Å². The van der Waals surface area contributed by atoms with Gasteiger partial charge in [0.2, 0.25) is 5.91 Å². The molecule has 0 unspecified atom stereocenters. The van der Waals surface area contributed by atoms with E-state index in [4.69, 9.17) is 4.42 Å². The van der Waals surface area contributed by atoms with Gasteiger partial charge in [-0.2, -0.15) is 13.2 Å². The molecule has 0 aliphatic rings. The number of benzene rings is 2. The van der Waals surface area contributed by atoms with Crippen LogP contribution < -0.4 is 0 Å². The molecule has 0 N–H and O–H groups in total. The lowest BCUT2D eigenvalue weighted by Crippen LogP contribution is -2.46. The molecular formula is C26H27F3N2O3. The SMILES string of the molecule is CC(C)N(CC(=O)N(CCc1ccccc1)Cc1ccco1)C(=O)c1ccc(C(F)(F)F)cc1. The Morgan fingerprint density at radius 3 is 2.18 bits per heavy atom. The zero-order valence-corrected chi connectivity index (χ0v) is 19.1. The molecule has 1 heterocycles. The minimum absolute atomic E-state index is 0.0939. The van der Waals surface area contributed by atoms with E-state index in [0.717, 1.165) is 29.8 Å². The molecule has 0 fully saturated rings. The first-order valence-corrected chi connectivity index (χ1v) is 11.0. The van der Waals surface area contributed by atoms with Crippen LogP contribution in [0.5, 0.6) is 0 Å². The molecule has 0 atom stereocenters. The quantitative estimate of drug-likeness (QED) is 0.418. The monoisotopic (exact) mass is 472 g/mol. The maximum Gasteiger partial charge on any atom is 0.416 e. The van der Waals surface area contributed by atoms with Gasteiger partial charge >= 0.3 is 6.18 Å². The molecule has 0 saturated carbocycles. The Morgan fingerprint density at radius 2 is 1.62 bits per heavy atom. The van der Waals surface area contributed by atoms with E-state index in [0.29, 0.717) is 18.7 Å². The number of carbonyl (C=O) groups excluding carboxylic acids is 2. The van der Waals surface area contributed by atoms with Gasteiger partial charge in [-0.25, -0.2) is 0 Å². The first kappa shape index (κ1) is 25.1. The van der Waals surface area contributed by atoms with E-state index in [9.17, 15) is 22.8 Å². The Bertz CT molecular complexity index is 1060. The molecular weight excluding hydrogens is 445 g/mol. The lowest BCUT2D eigenvalue weighted by Gasteiger charge is -2.30. The number of carbonyl (C=O) groups is 2. The molecule has 3 aromatic rings. The van der Waals surface area contributed by atoms with E-state index in [1.54, 1.807) is 30.9 Å².